The quantitative estimate of drug-likeness (QED) is 0.737. The molecule has 80 valence electrons. The van der Waals surface area contributed by atoms with Crippen molar-refractivity contribution in [1.82, 2.24) is 0 Å². The Labute approximate surface area is 95.3 Å². The fourth-order valence-corrected chi connectivity index (χ4v) is 2.83. The SMILES string of the molecule is CCCCCCc1cc(CN)c(Cl)s1. The molecule has 1 aromatic heterocycles. The fourth-order valence-electron chi connectivity index (χ4n) is 1.45. The number of halogens is 1. The molecule has 0 bridgehead atoms. The van der Waals surface area contributed by atoms with Crippen LogP contribution >= 0.6 is 22.9 Å². The smallest absolute Gasteiger partial charge is 0.0976 e. The van der Waals surface area contributed by atoms with Crippen LogP contribution in [0.5, 0.6) is 0 Å². The van der Waals surface area contributed by atoms with E-state index in [1.807, 2.05) is 0 Å². The van der Waals surface area contributed by atoms with E-state index in [4.69, 9.17) is 17.3 Å². The summed E-state index contributed by atoms with van der Waals surface area (Å²) in [5.41, 5.74) is 6.66. The number of hydrogen-bond acceptors (Lipinski definition) is 2. The third kappa shape index (κ3) is 3.60. The molecule has 1 aromatic rings. The Bertz CT molecular complexity index is 270. The molecule has 2 N–H and O–H groups in total. The number of unbranched alkanes of at least 4 members (excludes halogenated alkanes) is 3. The highest BCUT2D eigenvalue weighted by Gasteiger charge is 2.04. The van der Waals surface area contributed by atoms with Crippen molar-refractivity contribution < 1.29 is 0 Å². The Balaban J connectivity index is 2.35. The molecule has 14 heavy (non-hydrogen) atoms. The van der Waals surface area contributed by atoms with Crippen molar-refractivity contribution in [3.8, 4) is 0 Å². The van der Waals surface area contributed by atoms with Crippen molar-refractivity contribution in [3.63, 3.8) is 0 Å². The normalized spacial score (nSPS) is 10.8. The zero-order valence-corrected chi connectivity index (χ0v) is 10.3. The lowest BCUT2D eigenvalue weighted by Gasteiger charge is -1.96. The van der Waals surface area contributed by atoms with Crippen LogP contribution in [-0.2, 0) is 13.0 Å². The zero-order valence-electron chi connectivity index (χ0n) is 8.68. The zero-order chi connectivity index (χ0) is 10.4. The molecule has 0 radical (unpaired) electrons. The van der Waals surface area contributed by atoms with Gasteiger partial charge in [0.2, 0.25) is 0 Å². The largest absolute Gasteiger partial charge is 0.326 e. The van der Waals surface area contributed by atoms with Crippen LogP contribution in [0.25, 0.3) is 0 Å². The van der Waals surface area contributed by atoms with Crippen molar-refractivity contribution in [2.45, 2.75) is 45.6 Å². The Morgan fingerprint density at radius 1 is 1.36 bits per heavy atom. The molecular weight excluding hydrogens is 214 g/mol. The second-order valence-corrected chi connectivity index (χ2v) is 5.27. The minimum Gasteiger partial charge on any atom is -0.326 e. The average molecular weight is 232 g/mol. The van der Waals surface area contributed by atoms with Gasteiger partial charge in [0.25, 0.3) is 0 Å². The van der Waals surface area contributed by atoms with Gasteiger partial charge in [0.05, 0.1) is 4.34 Å². The summed E-state index contributed by atoms with van der Waals surface area (Å²) in [5, 5.41) is 0. The summed E-state index contributed by atoms with van der Waals surface area (Å²) >= 11 is 7.71. The molecule has 0 spiro atoms. The van der Waals surface area contributed by atoms with Crippen LogP contribution < -0.4 is 5.73 Å². The van der Waals surface area contributed by atoms with Gasteiger partial charge >= 0.3 is 0 Å². The highest BCUT2D eigenvalue weighted by atomic mass is 35.5. The topological polar surface area (TPSA) is 26.0 Å². The minimum absolute atomic E-state index is 0.560. The van der Waals surface area contributed by atoms with E-state index in [0.29, 0.717) is 6.54 Å². The first-order chi connectivity index (χ1) is 6.77. The molecule has 0 saturated heterocycles. The Kier molecular flexibility index (Phi) is 5.53. The molecule has 1 nitrogen and oxygen atoms in total. The van der Waals surface area contributed by atoms with Crippen molar-refractivity contribution in [3.05, 3.63) is 20.8 Å². The van der Waals surface area contributed by atoms with E-state index < -0.39 is 0 Å². The maximum absolute atomic E-state index is 6.02. The van der Waals surface area contributed by atoms with Gasteiger partial charge in [-0.25, -0.2) is 0 Å². The van der Waals surface area contributed by atoms with Crippen molar-refractivity contribution in [2.75, 3.05) is 0 Å². The lowest BCUT2D eigenvalue weighted by molar-refractivity contribution is 0.670. The second kappa shape index (κ2) is 6.44. The molecule has 0 aliphatic carbocycles. The molecule has 0 fully saturated rings. The van der Waals surface area contributed by atoms with Crippen LogP contribution in [0.4, 0.5) is 0 Å². The predicted molar refractivity (Wildman–Crippen MR) is 65.1 cm³/mol. The Morgan fingerprint density at radius 2 is 2.14 bits per heavy atom. The summed E-state index contributed by atoms with van der Waals surface area (Å²) in [6.45, 7) is 2.79. The highest BCUT2D eigenvalue weighted by molar-refractivity contribution is 7.16. The van der Waals surface area contributed by atoms with E-state index in [1.54, 1.807) is 11.3 Å². The van der Waals surface area contributed by atoms with E-state index in [1.165, 1.54) is 30.6 Å². The summed E-state index contributed by atoms with van der Waals surface area (Å²) in [6, 6.07) is 2.15. The first-order valence-electron chi connectivity index (χ1n) is 5.25. The summed E-state index contributed by atoms with van der Waals surface area (Å²) in [6.07, 6.45) is 6.38. The Morgan fingerprint density at radius 3 is 2.71 bits per heavy atom. The van der Waals surface area contributed by atoms with Crippen LogP contribution in [-0.4, -0.2) is 0 Å². The number of thiophene rings is 1. The van der Waals surface area contributed by atoms with Gasteiger partial charge in [-0.1, -0.05) is 37.8 Å². The third-order valence-electron chi connectivity index (χ3n) is 2.31. The molecular formula is C11H18ClNS. The molecule has 0 aromatic carbocycles. The predicted octanol–water partition coefficient (Wildman–Crippen LogP) is 3.98. The number of aryl methyl sites for hydroxylation is 1. The van der Waals surface area contributed by atoms with Crippen LogP contribution in [0.2, 0.25) is 4.34 Å². The maximum Gasteiger partial charge on any atom is 0.0976 e. The molecule has 0 aliphatic rings. The monoisotopic (exact) mass is 231 g/mol. The average Bonchev–Trinajstić information content (AvgIpc) is 2.54. The second-order valence-electron chi connectivity index (χ2n) is 3.53. The van der Waals surface area contributed by atoms with E-state index in [-0.39, 0.29) is 0 Å². The summed E-state index contributed by atoms with van der Waals surface area (Å²) in [5.74, 6) is 0. The summed E-state index contributed by atoms with van der Waals surface area (Å²) in [4.78, 5) is 1.38. The first kappa shape index (κ1) is 12.0. The molecule has 3 heteroatoms. The van der Waals surface area contributed by atoms with Gasteiger partial charge in [0, 0.05) is 11.4 Å². The maximum atomic E-state index is 6.02. The van der Waals surface area contributed by atoms with E-state index in [2.05, 4.69) is 13.0 Å². The van der Waals surface area contributed by atoms with Crippen molar-refractivity contribution >= 4 is 22.9 Å². The van der Waals surface area contributed by atoms with E-state index in [9.17, 15) is 0 Å². The standard InChI is InChI=1S/C11H18ClNS/c1-2-3-4-5-6-10-7-9(8-13)11(12)14-10/h7H,2-6,8,13H2,1H3. The van der Waals surface area contributed by atoms with Gasteiger partial charge in [-0.05, 0) is 24.5 Å². The number of hydrogen-bond donors (Lipinski definition) is 1. The van der Waals surface area contributed by atoms with Crippen LogP contribution in [0.1, 0.15) is 43.0 Å². The van der Waals surface area contributed by atoms with Crippen LogP contribution in [0, 0.1) is 0 Å². The highest BCUT2D eigenvalue weighted by Crippen LogP contribution is 2.28. The van der Waals surface area contributed by atoms with Gasteiger partial charge in [-0.2, -0.15) is 0 Å². The number of rotatable bonds is 6. The number of nitrogens with two attached hydrogens (primary N) is 1. The fraction of sp³-hybridized carbons (Fsp3) is 0.636. The minimum atomic E-state index is 0.560. The first-order valence-corrected chi connectivity index (χ1v) is 6.44. The van der Waals surface area contributed by atoms with E-state index in [0.717, 1.165) is 16.3 Å². The van der Waals surface area contributed by atoms with Gasteiger partial charge in [-0.15, -0.1) is 11.3 Å². The summed E-state index contributed by atoms with van der Waals surface area (Å²) < 4.78 is 0.873. The molecule has 1 heterocycles. The lowest BCUT2D eigenvalue weighted by atomic mass is 10.1. The van der Waals surface area contributed by atoms with E-state index >= 15 is 0 Å². The summed E-state index contributed by atoms with van der Waals surface area (Å²) in [7, 11) is 0. The van der Waals surface area contributed by atoms with Gasteiger partial charge < -0.3 is 5.73 Å². The molecule has 0 aliphatic heterocycles. The lowest BCUT2D eigenvalue weighted by Crippen LogP contribution is -1.93. The van der Waals surface area contributed by atoms with Crippen LogP contribution in [0.15, 0.2) is 6.07 Å². The molecule has 0 amide bonds. The Hall–Kier alpha value is -0.0500. The van der Waals surface area contributed by atoms with Gasteiger partial charge in [0.15, 0.2) is 0 Å². The molecule has 0 unspecified atom stereocenters. The molecule has 1 rings (SSSR count). The van der Waals surface area contributed by atoms with Crippen molar-refractivity contribution in [1.29, 1.82) is 0 Å². The van der Waals surface area contributed by atoms with Gasteiger partial charge in [-0.3, -0.25) is 0 Å². The van der Waals surface area contributed by atoms with Crippen molar-refractivity contribution in [2.24, 2.45) is 5.73 Å². The van der Waals surface area contributed by atoms with Crippen LogP contribution in [0.3, 0.4) is 0 Å². The molecule has 0 atom stereocenters. The third-order valence-corrected chi connectivity index (χ3v) is 3.80. The van der Waals surface area contributed by atoms with Gasteiger partial charge in [0.1, 0.15) is 0 Å². The molecule has 0 saturated carbocycles.